The van der Waals surface area contributed by atoms with E-state index in [9.17, 15) is 26.3 Å². The lowest BCUT2D eigenvalue weighted by Crippen LogP contribution is -1.86. The summed E-state index contributed by atoms with van der Waals surface area (Å²) >= 11 is 8.57. The summed E-state index contributed by atoms with van der Waals surface area (Å²) in [6, 6.07) is 0. The molecule has 8 heteroatoms. The zero-order valence-corrected chi connectivity index (χ0v) is 7.54. The predicted molar refractivity (Wildman–Crippen MR) is 39.4 cm³/mol. The van der Waals surface area contributed by atoms with Gasteiger partial charge in [0.25, 0.3) is 0 Å². The van der Waals surface area contributed by atoms with Crippen LogP contribution >= 0.6 is 23.2 Å². The molecule has 0 aliphatic rings. The van der Waals surface area contributed by atoms with Crippen LogP contribution in [0.2, 0.25) is 0 Å². The van der Waals surface area contributed by atoms with Gasteiger partial charge in [0.2, 0.25) is 33.9 Å². The Kier molecular flexibility index (Phi) is 5.07. The van der Waals surface area contributed by atoms with E-state index in [4.69, 9.17) is 0 Å². The largest absolute Gasteiger partial charge is 0.228 e. The van der Waals surface area contributed by atoms with Crippen molar-refractivity contribution in [2.45, 2.75) is 0 Å². The van der Waals surface area contributed by atoms with Crippen LogP contribution in [0.25, 0.3) is 0 Å². The van der Waals surface area contributed by atoms with Gasteiger partial charge in [0, 0.05) is 0 Å². The molecule has 0 saturated heterocycles. The van der Waals surface area contributed by atoms with Crippen molar-refractivity contribution in [3.05, 3.63) is 33.9 Å². The van der Waals surface area contributed by atoms with Crippen LogP contribution in [-0.4, -0.2) is 0 Å². The van der Waals surface area contributed by atoms with Gasteiger partial charge >= 0.3 is 0 Å². The van der Waals surface area contributed by atoms with E-state index in [0.717, 1.165) is 0 Å². The standard InChI is InChI=1S/C6Cl2F6/c7-5(13)3(11)1(9)2(10)4(12)6(8)14. The number of halogens is 8. The molecule has 0 aliphatic heterocycles. The van der Waals surface area contributed by atoms with Gasteiger partial charge in [0.15, 0.2) is 0 Å². The van der Waals surface area contributed by atoms with Crippen LogP contribution < -0.4 is 0 Å². The fourth-order valence-electron chi connectivity index (χ4n) is 0.359. The monoisotopic (exact) mass is 256 g/mol. The predicted octanol–water partition coefficient (Wildman–Crippen LogP) is 4.83. The first kappa shape index (κ1) is 13.4. The molecule has 0 unspecified atom stereocenters. The molecule has 0 aromatic heterocycles. The van der Waals surface area contributed by atoms with E-state index < -0.39 is 33.9 Å². The fourth-order valence-corrected chi connectivity index (χ4v) is 0.525. The second-order valence-electron chi connectivity index (χ2n) is 1.78. The molecule has 0 amide bonds. The summed E-state index contributed by atoms with van der Waals surface area (Å²) in [6.45, 7) is 0. The first-order valence-electron chi connectivity index (χ1n) is 2.76. The highest BCUT2D eigenvalue weighted by Gasteiger charge is 2.21. The minimum atomic E-state index is -2.62. The molecule has 14 heavy (non-hydrogen) atoms. The third-order valence-corrected chi connectivity index (χ3v) is 1.24. The van der Waals surface area contributed by atoms with Crippen molar-refractivity contribution in [3.8, 4) is 0 Å². The molecule has 0 atom stereocenters. The van der Waals surface area contributed by atoms with Crippen LogP contribution in [0.3, 0.4) is 0 Å². The second-order valence-corrected chi connectivity index (χ2v) is 2.44. The average Bonchev–Trinajstić information content (AvgIpc) is 2.12. The first-order valence-corrected chi connectivity index (χ1v) is 3.52. The van der Waals surface area contributed by atoms with Crippen molar-refractivity contribution in [2.75, 3.05) is 0 Å². The Hall–Kier alpha value is -0.620. The molecular formula is C6Cl2F6. The Morgan fingerprint density at radius 2 is 0.714 bits per heavy atom. The molecular weight excluding hydrogens is 257 g/mol. The van der Waals surface area contributed by atoms with Gasteiger partial charge in [0.05, 0.1) is 0 Å². The van der Waals surface area contributed by atoms with Crippen molar-refractivity contribution in [1.29, 1.82) is 0 Å². The summed E-state index contributed by atoms with van der Waals surface area (Å²) in [5, 5.41) is -4.47. The van der Waals surface area contributed by atoms with E-state index in [1.807, 2.05) is 0 Å². The van der Waals surface area contributed by atoms with Crippen LogP contribution in [0.1, 0.15) is 0 Å². The van der Waals surface area contributed by atoms with E-state index in [0.29, 0.717) is 0 Å². The maximum atomic E-state index is 12.3. The Bertz CT molecular complexity index is 289. The van der Waals surface area contributed by atoms with Crippen LogP contribution in [-0.2, 0) is 0 Å². The molecule has 0 aromatic carbocycles. The summed E-state index contributed by atoms with van der Waals surface area (Å²) in [7, 11) is 0. The van der Waals surface area contributed by atoms with E-state index >= 15 is 0 Å². The van der Waals surface area contributed by atoms with E-state index in [1.54, 1.807) is 0 Å². The number of hydrogen-bond donors (Lipinski definition) is 0. The summed E-state index contributed by atoms with van der Waals surface area (Å²) in [5.74, 6) is -10.2. The highest BCUT2D eigenvalue weighted by molar-refractivity contribution is 6.29. The van der Waals surface area contributed by atoms with Gasteiger partial charge in [0.1, 0.15) is 0 Å². The Balaban J connectivity index is 5.37. The molecule has 0 fully saturated rings. The lowest BCUT2D eigenvalue weighted by Gasteiger charge is -1.95. The molecule has 0 N–H and O–H groups in total. The molecule has 0 bridgehead atoms. The minimum Gasteiger partial charge on any atom is -0.200 e. The van der Waals surface area contributed by atoms with Crippen LogP contribution in [0.15, 0.2) is 33.9 Å². The van der Waals surface area contributed by atoms with Crippen molar-refractivity contribution in [2.24, 2.45) is 0 Å². The van der Waals surface area contributed by atoms with Gasteiger partial charge in [-0.1, -0.05) is 0 Å². The lowest BCUT2D eigenvalue weighted by atomic mass is 10.4. The Morgan fingerprint density at radius 1 is 0.500 bits per heavy atom. The van der Waals surface area contributed by atoms with Gasteiger partial charge < -0.3 is 0 Å². The zero-order valence-electron chi connectivity index (χ0n) is 6.02. The van der Waals surface area contributed by atoms with Crippen LogP contribution in [0, 0.1) is 0 Å². The second kappa shape index (κ2) is 5.31. The summed E-state index contributed by atoms with van der Waals surface area (Å²) in [4.78, 5) is 0. The molecule has 0 radical (unpaired) electrons. The normalized spacial score (nSPS) is 17.1. The molecule has 0 nitrogen and oxygen atoms in total. The van der Waals surface area contributed by atoms with Crippen LogP contribution in [0.4, 0.5) is 26.3 Å². The summed E-state index contributed by atoms with van der Waals surface area (Å²) in [6.07, 6.45) is 0. The Morgan fingerprint density at radius 3 is 0.857 bits per heavy atom. The number of hydrogen-bond acceptors (Lipinski definition) is 0. The van der Waals surface area contributed by atoms with Crippen molar-refractivity contribution in [1.82, 2.24) is 0 Å². The Labute approximate surface area is 84.1 Å². The third-order valence-electron chi connectivity index (χ3n) is 0.910. The molecule has 0 spiro atoms. The van der Waals surface area contributed by atoms with Crippen molar-refractivity contribution in [3.63, 3.8) is 0 Å². The third kappa shape index (κ3) is 3.26. The van der Waals surface area contributed by atoms with Gasteiger partial charge in [-0.2, -0.15) is 17.6 Å². The number of rotatable bonds is 2. The lowest BCUT2D eigenvalue weighted by molar-refractivity contribution is 0.448. The van der Waals surface area contributed by atoms with E-state index in [1.165, 1.54) is 0 Å². The molecule has 80 valence electrons. The van der Waals surface area contributed by atoms with Gasteiger partial charge in [-0.15, -0.1) is 0 Å². The maximum absolute atomic E-state index is 12.3. The zero-order chi connectivity index (χ0) is 11.5. The summed E-state index contributed by atoms with van der Waals surface area (Å²) in [5.41, 5.74) is 0. The van der Waals surface area contributed by atoms with Crippen molar-refractivity contribution < 1.29 is 26.3 Å². The smallest absolute Gasteiger partial charge is 0.200 e. The highest BCUT2D eigenvalue weighted by atomic mass is 35.5. The molecule has 0 heterocycles. The number of allylic oxidation sites excluding steroid dienone is 4. The minimum absolute atomic E-state index is 2.24. The fraction of sp³-hybridized carbons (Fsp3) is 0. The van der Waals surface area contributed by atoms with Gasteiger partial charge in [-0.25, -0.2) is 8.78 Å². The van der Waals surface area contributed by atoms with Gasteiger partial charge in [-0.05, 0) is 23.2 Å². The van der Waals surface area contributed by atoms with Crippen molar-refractivity contribution >= 4 is 23.2 Å². The van der Waals surface area contributed by atoms with Gasteiger partial charge in [-0.3, -0.25) is 0 Å². The SMILES string of the molecule is FC(Cl)=C(F)C(F)=C(F)C(F)=C(F)Cl. The molecule has 0 aliphatic carbocycles. The van der Waals surface area contributed by atoms with E-state index in [2.05, 4.69) is 23.2 Å². The molecule has 0 rings (SSSR count). The van der Waals surface area contributed by atoms with Crippen LogP contribution in [0.5, 0.6) is 0 Å². The highest BCUT2D eigenvalue weighted by Crippen LogP contribution is 2.31. The average molecular weight is 257 g/mol. The molecule has 0 saturated carbocycles. The van der Waals surface area contributed by atoms with E-state index in [-0.39, 0.29) is 0 Å². The topological polar surface area (TPSA) is 0 Å². The first-order chi connectivity index (χ1) is 6.29. The quantitative estimate of drug-likeness (QED) is 0.490. The summed E-state index contributed by atoms with van der Waals surface area (Å²) < 4.78 is 72.3. The maximum Gasteiger partial charge on any atom is 0.228 e. The molecule has 0 aromatic rings.